The molecule has 142 valence electrons. The summed E-state index contributed by atoms with van der Waals surface area (Å²) >= 11 is 6.24. The Morgan fingerprint density at radius 3 is 2.67 bits per heavy atom. The number of aliphatic hydroxyl groups is 1. The summed E-state index contributed by atoms with van der Waals surface area (Å²) in [5.74, 6) is -0.663. The second kappa shape index (κ2) is 9.11. The maximum Gasteiger partial charge on any atom is 0.327 e. The lowest BCUT2D eigenvalue weighted by Gasteiger charge is -2.12. The lowest BCUT2D eigenvalue weighted by atomic mass is 10.00. The van der Waals surface area contributed by atoms with Crippen molar-refractivity contribution < 1.29 is 19.6 Å². The van der Waals surface area contributed by atoms with Crippen molar-refractivity contribution >= 4 is 34.7 Å². The quantitative estimate of drug-likeness (QED) is 0.245. The highest BCUT2D eigenvalue weighted by atomic mass is 35.5. The van der Waals surface area contributed by atoms with E-state index in [1.165, 1.54) is 25.1 Å². The number of ether oxygens (including phenoxy) is 1. The van der Waals surface area contributed by atoms with Gasteiger partial charge in [-0.1, -0.05) is 29.8 Å². The largest absolute Gasteiger partial charge is 0.462 e. The third kappa shape index (κ3) is 5.50. The van der Waals surface area contributed by atoms with Gasteiger partial charge >= 0.3 is 5.97 Å². The van der Waals surface area contributed by atoms with Crippen LogP contribution >= 0.6 is 11.6 Å². The minimum Gasteiger partial charge on any atom is -0.462 e. The standard InChI is InChI=1S/C18H18ClN3O5/c1-11(23)10-27-17(24)9-21-18(13-4-2-3-5-15(13)19)14-8-12(22(25)26)6-7-16(14)20/h2-8,11,23H,9-10,20H2,1H3. The molecule has 0 saturated carbocycles. The van der Waals surface area contributed by atoms with Crippen LogP contribution in [0.25, 0.3) is 0 Å². The van der Waals surface area contributed by atoms with E-state index in [9.17, 15) is 20.0 Å². The van der Waals surface area contributed by atoms with Gasteiger partial charge in [-0.25, -0.2) is 0 Å². The van der Waals surface area contributed by atoms with Crippen molar-refractivity contribution in [3.8, 4) is 0 Å². The van der Waals surface area contributed by atoms with Crippen LogP contribution in [0.1, 0.15) is 18.1 Å². The van der Waals surface area contributed by atoms with Gasteiger partial charge in [0.05, 0.1) is 16.7 Å². The van der Waals surface area contributed by atoms with Crippen molar-refractivity contribution in [2.45, 2.75) is 13.0 Å². The fraction of sp³-hybridized carbons (Fsp3) is 0.222. The molecule has 0 heterocycles. The van der Waals surface area contributed by atoms with Crippen molar-refractivity contribution in [3.05, 3.63) is 68.7 Å². The van der Waals surface area contributed by atoms with E-state index in [-0.39, 0.29) is 35.8 Å². The molecule has 1 unspecified atom stereocenters. The van der Waals surface area contributed by atoms with E-state index in [0.717, 1.165) is 0 Å². The smallest absolute Gasteiger partial charge is 0.327 e. The molecule has 1 atom stereocenters. The van der Waals surface area contributed by atoms with E-state index in [1.54, 1.807) is 24.3 Å². The van der Waals surface area contributed by atoms with Gasteiger partial charge in [0.2, 0.25) is 0 Å². The molecule has 0 bridgehead atoms. The van der Waals surface area contributed by atoms with Gasteiger partial charge in [0.15, 0.2) is 0 Å². The van der Waals surface area contributed by atoms with E-state index >= 15 is 0 Å². The fourth-order valence-electron chi connectivity index (χ4n) is 2.23. The van der Waals surface area contributed by atoms with Gasteiger partial charge in [-0.2, -0.15) is 0 Å². The first kappa shape index (κ1) is 20.3. The minimum absolute atomic E-state index is 0.158. The molecule has 0 aliphatic carbocycles. The number of non-ortho nitro benzene ring substituents is 1. The van der Waals surface area contributed by atoms with E-state index in [1.807, 2.05) is 0 Å². The normalized spacial score (nSPS) is 12.5. The SMILES string of the molecule is CC(O)COC(=O)CN=C(c1cc([N+](=O)[O-])ccc1N)c1ccccc1Cl. The number of anilines is 1. The van der Waals surface area contributed by atoms with Crippen molar-refractivity contribution in [1.82, 2.24) is 0 Å². The molecule has 27 heavy (non-hydrogen) atoms. The van der Waals surface area contributed by atoms with Crippen molar-refractivity contribution in [1.29, 1.82) is 0 Å². The Bertz CT molecular complexity index is 883. The van der Waals surface area contributed by atoms with Gasteiger partial charge in [-0.15, -0.1) is 0 Å². The number of nitrogen functional groups attached to an aromatic ring is 1. The molecule has 0 radical (unpaired) electrons. The third-order valence-corrected chi connectivity index (χ3v) is 3.81. The Hall–Kier alpha value is -2.97. The zero-order valence-electron chi connectivity index (χ0n) is 14.5. The Morgan fingerprint density at radius 2 is 2.04 bits per heavy atom. The number of halogens is 1. The van der Waals surface area contributed by atoms with Crippen molar-refractivity contribution in [2.75, 3.05) is 18.9 Å². The number of rotatable bonds is 7. The number of nitro benzene ring substituents is 1. The first-order chi connectivity index (χ1) is 12.8. The predicted molar refractivity (Wildman–Crippen MR) is 102 cm³/mol. The summed E-state index contributed by atoms with van der Waals surface area (Å²) in [5, 5.41) is 20.6. The zero-order chi connectivity index (χ0) is 20.0. The van der Waals surface area contributed by atoms with Crippen LogP contribution in [-0.4, -0.2) is 41.0 Å². The predicted octanol–water partition coefficient (Wildman–Crippen LogP) is 2.59. The number of aliphatic imine (C=N–C) groups is 1. The van der Waals surface area contributed by atoms with Gasteiger partial charge in [0.1, 0.15) is 13.2 Å². The Balaban J connectivity index is 2.47. The van der Waals surface area contributed by atoms with Crippen LogP contribution in [0.2, 0.25) is 5.02 Å². The maximum absolute atomic E-state index is 11.8. The number of carbonyl (C=O) groups excluding carboxylic acids is 1. The van der Waals surface area contributed by atoms with Gasteiger partial charge < -0.3 is 15.6 Å². The summed E-state index contributed by atoms with van der Waals surface area (Å²) in [6.45, 7) is 0.958. The molecule has 2 rings (SSSR count). The summed E-state index contributed by atoms with van der Waals surface area (Å²) in [6.07, 6.45) is -0.798. The molecule has 0 aliphatic rings. The van der Waals surface area contributed by atoms with E-state index in [2.05, 4.69) is 4.99 Å². The van der Waals surface area contributed by atoms with Gasteiger partial charge in [0, 0.05) is 34.0 Å². The number of hydrogen-bond acceptors (Lipinski definition) is 7. The lowest BCUT2D eigenvalue weighted by molar-refractivity contribution is -0.384. The molecule has 0 saturated heterocycles. The number of aliphatic hydroxyl groups excluding tert-OH is 1. The fourth-order valence-corrected chi connectivity index (χ4v) is 2.46. The van der Waals surface area contributed by atoms with Crippen LogP contribution in [0.3, 0.4) is 0 Å². The van der Waals surface area contributed by atoms with Crippen LogP contribution < -0.4 is 5.73 Å². The minimum atomic E-state index is -0.798. The van der Waals surface area contributed by atoms with E-state index in [4.69, 9.17) is 22.1 Å². The van der Waals surface area contributed by atoms with Crippen LogP contribution in [-0.2, 0) is 9.53 Å². The number of esters is 1. The number of nitro groups is 1. The third-order valence-electron chi connectivity index (χ3n) is 3.48. The van der Waals surface area contributed by atoms with Gasteiger partial charge in [-0.05, 0) is 19.1 Å². The second-order valence-electron chi connectivity index (χ2n) is 5.71. The zero-order valence-corrected chi connectivity index (χ0v) is 15.2. The highest BCUT2D eigenvalue weighted by molar-refractivity contribution is 6.35. The van der Waals surface area contributed by atoms with Crippen molar-refractivity contribution in [2.24, 2.45) is 4.99 Å². The summed E-state index contributed by atoms with van der Waals surface area (Å²) in [6, 6.07) is 10.7. The molecule has 2 aromatic carbocycles. The lowest BCUT2D eigenvalue weighted by Crippen LogP contribution is -2.18. The first-order valence-corrected chi connectivity index (χ1v) is 8.34. The Labute approximate surface area is 160 Å². The molecule has 2 aromatic rings. The van der Waals surface area contributed by atoms with E-state index in [0.29, 0.717) is 10.6 Å². The molecular formula is C18H18ClN3O5. The molecule has 3 N–H and O–H groups in total. The second-order valence-corrected chi connectivity index (χ2v) is 6.11. The Kier molecular flexibility index (Phi) is 6.86. The van der Waals surface area contributed by atoms with Crippen LogP contribution in [0.4, 0.5) is 11.4 Å². The molecule has 0 fully saturated rings. The van der Waals surface area contributed by atoms with Crippen LogP contribution in [0, 0.1) is 10.1 Å². The maximum atomic E-state index is 11.8. The number of nitrogens with zero attached hydrogens (tertiary/aromatic N) is 2. The van der Waals surface area contributed by atoms with Crippen LogP contribution in [0.5, 0.6) is 0 Å². The van der Waals surface area contributed by atoms with Crippen LogP contribution in [0.15, 0.2) is 47.5 Å². The number of hydrogen-bond donors (Lipinski definition) is 2. The monoisotopic (exact) mass is 391 g/mol. The first-order valence-electron chi connectivity index (χ1n) is 7.97. The number of benzene rings is 2. The molecule has 0 aliphatic heterocycles. The molecule has 8 nitrogen and oxygen atoms in total. The summed E-state index contributed by atoms with van der Waals surface area (Å²) < 4.78 is 4.88. The van der Waals surface area contributed by atoms with Crippen molar-refractivity contribution in [3.63, 3.8) is 0 Å². The highest BCUT2D eigenvalue weighted by Crippen LogP contribution is 2.26. The average Bonchev–Trinajstić information content (AvgIpc) is 2.62. The molecule has 9 heteroatoms. The molecular weight excluding hydrogens is 374 g/mol. The molecule has 0 amide bonds. The highest BCUT2D eigenvalue weighted by Gasteiger charge is 2.18. The van der Waals surface area contributed by atoms with E-state index < -0.39 is 17.0 Å². The topological polar surface area (TPSA) is 128 Å². The average molecular weight is 392 g/mol. The molecule has 0 aromatic heterocycles. The van der Waals surface area contributed by atoms with Gasteiger partial charge in [-0.3, -0.25) is 19.9 Å². The van der Waals surface area contributed by atoms with Gasteiger partial charge in [0.25, 0.3) is 5.69 Å². The summed E-state index contributed by atoms with van der Waals surface area (Å²) in [5.41, 5.74) is 7.04. The Morgan fingerprint density at radius 1 is 1.33 bits per heavy atom. The summed E-state index contributed by atoms with van der Waals surface area (Å²) in [4.78, 5) is 26.6. The molecule has 0 spiro atoms. The number of carbonyl (C=O) groups is 1. The summed E-state index contributed by atoms with van der Waals surface area (Å²) in [7, 11) is 0. The number of nitrogens with two attached hydrogens (primary N) is 1.